The smallest absolute Gasteiger partial charge is 0.255 e. The van der Waals surface area contributed by atoms with Crippen molar-refractivity contribution in [3.63, 3.8) is 0 Å². The number of phenolic OH excluding ortho intramolecular Hbond substituents is 1. The van der Waals surface area contributed by atoms with Gasteiger partial charge in [-0.25, -0.2) is 0 Å². The van der Waals surface area contributed by atoms with E-state index in [0.29, 0.717) is 24.2 Å². The lowest BCUT2D eigenvalue weighted by molar-refractivity contribution is -0.148. The van der Waals surface area contributed by atoms with Gasteiger partial charge in [-0.15, -0.1) is 0 Å². The minimum atomic E-state index is -2.66. The highest BCUT2D eigenvalue weighted by molar-refractivity contribution is 6.24. The Labute approximate surface area is 239 Å². The van der Waals surface area contributed by atoms with Crippen LogP contribution in [0.25, 0.3) is 0 Å². The second kappa shape index (κ2) is 10.6. The van der Waals surface area contributed by atoms with Gasteiger partial charge in [0.1, 0.15) is 22.8 Å². The van der Waals surface area contributed by atoms with Crippen molar-refractivity contribution < 1.29 is 34.8 Å². The zero-order valence-corrected chi connectivity index (χ0v) is 24.6. The Bertz CT molecular complexity index is 1420. The number of carbonyl (C=O) groups is 3. The van der Waals surface area contributed by atoms with Gasteiger partial charge in [0.2, 0.25) is 5.78 Å². The Morgan fingerprint density at radius 1 is 1.15 bits per heavy atom. The van der Waals surface area contributed by atoms with Gasteiger partial charge in [-0.3, -0.25) is 24.2 Å². The summed E-state index contributed by atoms with van der Waals surface area (Å²) < 4.78 is 0. The SMILES string of the molecule is C/C=C(\C)CN(C)Cc1cc(N(C)C)c2c(c1O)C(=O)C1=C(O)[C@]3(O)C(=O)C(C(N)=O)=C(O)[C@@H](N(C)C)[C@@H]3C[C@@H]1C2. The van der Waals surface area contributed by atoms with E-state index >= 15 is 0 Å². The molecular weight excluding hydrogens is 528 g/mol. The molecular formula is C30H40N4O7. The van der Waals surface area contributed by atoms with Crippen molar-refractivity contribution in [2.75, 3.05) is 46.7 Å². The van der Waals surface area contributed by atoms with Gasteiger partial charge >= 0.3 is 0 Å². The van der Waals surface area contributed by atoms with E-state index in [1.165, 1.54) is 4.90 Å². The minimum absolute atomic E-state index is 0.0168. The standard InChI is InChI=1S/C30H40N4O7/c1-8-14(2)12-34(7)13-16-11-19(32(3)4)17-9-15-10-18-23(33(5)6)26(37)22(29(31)40)28(39)30(18,41)27(38)20(15)25(36)21(17)24(16)35/h8,11,15,18,23,35,37-38,41H,9-10,12-13H2,1-7H3,(H2,31,40)/b14-8+/t15-,18-,23-,30-/m0/s1. The number of aromatic hydroxyl groups is 1. The number of hydrogen-bond donors (Lipinski definition) is 5. The number of rotatable bonds is 7. The molecule has 0 saturated carbocycles. The highest BCUT2D eigenvalue weighted by Gasteiger charge is 2.63. The number of allylic oxidation sites excluding steroid dienone is 2. The van der Waals surface area contributed by atoms with E-state index in [9.17, 15) is 34.8 Å². The van der Waals surface area contributed by atoms with Gasteiger partial charge in [0, 0.05) is 49.9 Å². The number of ketones is 2. The van der Waals surface area contributed by atoms with Crippen LogP contribution in [0.2, 0.25) is 0 Å². The molecule has 0 radical (unpaired) electrons. The molecule has 4 atom stereocenters. The van der Waals surface area contributed by atoms with Gasteiger partial charge in [0.05, 0.1) is 11.6 Å². The average Bonchev–Trinajstić information content (AvgIpc) is 2.87. The number of primary amides is 1. The number of Topliss-reactive ketones (excluding diaryl/α,β-unsaturated/α-hetero) is 2. The molecule has 1 amide bonds. The van der Waals surface area contributed by atoms with E-state index in [1.54, 1.807) is 14.1 Å². The van der Waals surface area contributed by atoms with Crippen LogP contribution in [0.1, 0.15) is 41.8 Å². The summed E-state index contributed by atoms with van der Waals surface area (Å²) >= 11 is 0. The maximum Gasteiger partial charge on any atom is 0.255 e. The van der Waals surface area contributed by atoms with Gasteiger partial charge in [-0.05, 0) is 65.4 Å². The molecule has 1 aromatic rings. The van der Waals surface area contributed by atoms with Gasteiger partial charge in [0.15, 0.2) is 11.4 Å². The molecule has 4 rings (SSSR count). The van der Waals surface area contributed by atoms with Crippen molar-refractivity contribution in [3.8, 4) is 5.75 Å². The summed E-state index contributed by atoms with van der Waals surface area (Å²) in [6.45, 7) is 4.94. The van der Waals surface area contributed by atoms with Crippen molar-refractivity contribution in [3.05, 3.63) is 57.1 Å². The fourth-order valence-corrected chi connectivity index (χ4v) is 6.74. The van der Waals surface area contributed by atoms with Crippen molar-refractivity contribution >= 4 is 23.2 Å². The second-order valence-electron chi connectivity index (χ2n) is 11.9. The van der Waals surface area contributed by atoms with Crippen LogP contribution in [0.3, 0.4) is 0 Å². The zero-order chi connectivity index (χ0) is 30.7. The van der Waals surface area contributed by atoms with Crippen LogP contribution in [0.15, 0.2) is 40.4 Å². The van der Waals surface area contributed by atoms with Crippen molar-refractivity contribution in [2.24, 2.45) is 17.6 Å². The number of anilines is 1. The molecule has 41 heavy (non-hydrogen) atoms. The maximum atomic E-state index is 14.1. The molecule has 11 heteroatoms. The van der Waals surface area contributed by atoms with Gasteiger partial charge in [0.25, 0.3) is 5.91 Å². The van der Waals surface area contributed by atoms with Crippen LogP contribution in [0, 0.1) is 11.8 Å². The number of carbonyl (C=O) groups excluding carboxylic acids is 3. The second-order valence-corrected chi connectivity index (χ2v) is 11.9. The Morgan fingerprint density at radius 3 is 2.32 bits per heavy atom. The van der Waals surface area contributed by atoms with E-state index in [4.69, 9.17) is 5.73 Å². The normalized spacial score (nSPS) is 26.4. The molecule has 0 heterocycles. The zero-order valence-electron chi connectivity index (χ0n) is 24.6. The third-order valence-corrected chi connectivity index (χ3v) is 8.71. The summed E-state index contributed by atoms with van der Waals surface area (Å²) in [4.78, 5) is 45.2. The van der Waals surface area contributed by atoms with Crippen LogP contribution < -0.4 is 10.6 Å². The van der Waals surface area contributed by atoms with Crippen molar-refractivity contribution in [2.45, 2.75) is 44.9 Å². The Kier molecular flexibility index (Phi) is 7.85. The van der Waals surface area contributed by atoms with Gasteiger partial charge < -0.3 is 31.1 Å². The molecule has 6 N–H and O–H groups in total. The lowest BCUT2D eigenvalue weighted by atomic mass is 9.58. The molecule has 11 nitrogen and oxygen atoms in total. The number of likely N-dealkylation sites (N-methyl/N-ethyl adjacent to an activating group) is 2. The number of benzene rings is 1. The number of phenols is 1. The summed E-state index contributed by atoms with van der Waals surface area (Å²) in [5.74, 6) is -6.54. The maximum absolute atomic E-state index is 14.1. The quantitative estimate of drug-likeness (QED) is 0.241. The summed E-state index contributed by atoms with van der Waals surface area (Å²) in [6, 6.07) is 0.831. The average molecular weight is 569 g/mol. The van der Waals surface area contributed by atoms with Crippen LogP contribution in [-0.4, -0.2) is 101 Å². The van der Waals surface area contributed by atoms with E-state index in [0.717, 1.165) is 11.3 Å². The first-order chi connectivity index (χ1) is 19.1. The molecule has 3 aliphatic carbocycles. The van der Waals surface area contributed by atoms with Crippen molar-refractivity contribution in [1.82, 2.24) is 9.80 Å². The largest absolute Gasteiger partial charge is 0.510 e. The van der Waals surface area contributed by atoms with Crippen molar-refractivity contribution in [1.29, 1.82) is 0 Å². The molecule has 0 aliphatic heterocycles. The summed E-state index contributed by atoms with van der Waals surface area (Å²) in [7, 11) is 8.79. The number of nitrogens with zero attached hydrogens (tertiary/aromatic N) is 3. The summed E-state index contributed by atoms with van der Waals surface area (Å²) in [5.41, 5.74) is 4.76. The first kappa shape index (κ1) is 30.3. The van der Waals surface area contributed by atoms with Crippen LogP contribution in [0.4, 0.5) is 5.69 Å². The molecule has 0 spiro atoms. The van der Waals surface area contributed by atoms with Gasteiger partial charge in [-0.2, -0.15) is 0 Å². The number of aliphatic hydroxyl groups excluding tert-OH is 2. The summed E-state index contributed by atoms with van der Waals surface area (Å²) in [5, 5.41) is 45.7. The highest BCUT2D eigenvalue weighted by Crippen LogP contribution is 2.53. The number of nitrogens with two attached hydrogens (primary N) is 1. The van der Waals surface area contributed by atoms with E-state index in [2.05, 4.69) is 0 Å². The lowest BCUT2D eigenvalue weighted by Gasteiger charge is -2.50. The molecule has 1 aromatic carbocycles. The molecule has 222 valence electrons. The predicted molar refractivity (Wildman–Crippen MR) is 154 cm³/mol. The van der Waals surface area contributed by atoms with E-state index in [-0.39, 0.29) is 29.7 Å². The number of amides is 1. The highest BCUT2D eigenvalue weighted by atomic mass is 16.3. The lowest BCUT2D eigenvalue weighted by Crippen LogP contribution is -2.63. The molecule has 0 unspecified atom stereocenters. The third kappa shape index (κ3) is 4.61. The fourth-order valence-electron chi connectivity index (χ4n) is 6.74. The predicted octanol–water partition coefficient (Wildman–Crippen LogP) is 1.58. The Balaban J connectivity index is 1.91. The molecule has 0 bridgehead atoms. The van der Waals surface area contributed by atoms with Crippen LogP contribution >= 0.6 is 0 Å². The Hall–Kier alpha value is -3.67. The van der Waals surface area contributed by atoms with Crippen LogP contribution in [-0.2, 0) is 22.6 Å². The monoisotopic (exact) mass is 568 g/mol. The van der Waals surface area contributed by atoms with E-state index < -0.39 is 58.0 Å². The number of hydrogen-bond acceptors (Lipinski definition) is 10. The van der Waals surface area contributed by atoms with Crippen LogP contribution in [0.5, 0.6) is 5.75 Å². The minimum Gasteiger partial charge on any atom is -0.510 e. The molecule has 3 aliphatic rings. The topological polar surface area (TPSA) is 168 Å². The summed E-state index contributed by atoms with van der Waals surface area (Å²) in [6.07, 6.45) is 2.29. The molecule has 0 fully saturated rings. The third-order valence-electron chi connectivity index (χ3n) is 8.71. The molecule has 0 aromatic heterocycles. The van der Waals surface area contributed by atoms with E-state index in [1.807, 2.05) is 56.9 Å². The fraction of sp³-hybridized carbons (Fsp3) is 0.500. The number of fused-ring (bicyclic) bond motifs is 3. The van der Waals surface area contributed by atoms with Gasteiger partial charge in [-0.1, -0.05) is 11.6 Å². The first-order valence-corrected chi connectivity index (χ1v) is 13.6. The first-order valence-electron chi connectivity index (χ1n) is 13.6. The molecule has 0 saturated heterocycles. The number of aliphatic hydroxyl groups is 3. The Morgan fingerprint density at radius 2 is 1.78 bits per heavy atom.